The molecule has 0 saturated heterocycles. The molecular formula is C21H14O5. The normalized spacial score (nSPS) is 10.8. The second-order valence-electron chi connectivity index (χ2n) is 5.78. The van der Waals surface area contributed by atoms with Crippen molar-refractivity contribution >= 4 is 16.9 Å². The number of esters is 1. The van der Waals surface area contributed by atoms with Crippen LogP contribution in [-0.4, -0.2) is 5.97 Å². The van der Waals surface area contributed by atoms with Gasteiger partial charge in [-0.2, -0.15) is 0 Å². The molecule has 4 aromatic rings. The first-order chi connectivity index (χ1) is 12.6. The van der Waals surface area contributed by atoms with Crippen molar-refractivity contribution in [2.75, 3.05) is 0 Å². The summed E-state index contributed by atoms with van der Waals surface area (Å²) in [5, 5.41) is 0.702. The van der Waals surface area contributed by atoms with Crippen LogP contribution in [0.1, 0.15) is 16.1 Å². The third-order valence-electron chi connectivity index (χ3n) is 4.13. The van der Waals surface area contributed by atoms with Gasteiger partial charge in [0.25, 0.3) is 0 Å². The molecule has 0 atom stereocenters. The van der Waals surface area contributed by atoms with Crippen LogP contribution in [0.2, 0.25) is 0 Å². The minimum Gasteiger partial charge on any atom is -0.457 e. The van der Waals surface area contributed by atoms with Crippen molar-refractivity contribution in [3.05, 3.63) is 88.7 Å². The molecule has 0 aliphatic carbocycles. The molecule has 0 N–H and O–H groups in total. The van der Waals surface area contributed by atoms with E-state index in [1.54, 1.807) is 24.3 Å². The molecule has 4 rings (SSSR count). The first kappa shape index (κ1) is 15.9. The molecule has 0 spiro atoms. The maximum Gasteiger partial charge on any atom is 0.379 e. The van der Waals surface area contributed by atoms with Crippen LogP contribution in [0, 0.1) is 6.92 Å². The highest BCUT2D eigenvalue weighted by atomic mass is 16.5. The maximum atomic E-state index is 12.4. The van der Waals surface area contributed by atoms with Crippen LogP contribution in [0.15, 0.2) is 80.6 Å². The lowest BCUT2D eigenvalue weighted by Gasteiger charge is -2.09. The van der Waals surface area contributed by atoms with Crippen molar-refractivity contribution in [2.45, 2.75) is 6.92 Å². The van der Waals surface area contributed by atoms with Gasteiger partial charge in [0.1, 0.15) is 11.3 Å². The fourth-order valence-electron chi connectivity index (χ4n) is 2.88. The van der Waals surface area contributed by atoms with E-state index in [9.17, 15) is 9.59 Å². The molecule has 5 heteroatoms. The second kappa shape index (κ2) is 6.37. The summed E-state index contributed by atoms with van der Waals surface area (Å²) in [6.07, 6.45) is 1.40. The SMILES string of the molecule is Cc1c(-c2ccccc2)c(=O)oc2ccc(OC(=O)c3ccco3)cc12. The number of furan rings is 1. The smallest absolute Gasteiger partial charge is 0.379 e. The zero-order chi connectivity index (χ0) is 18.1. The predicted octanol–water partition coefficient (Wildman–Crippen LogP) is 4.58. The van der Waals surface area contributed by atoms with Crippen molar-refractivity contribution in [3.8, 4) is 16.9 Å². The van der Waals surface area contributed by atoms with Crippen LogP contribution in [-0.2, 0) is 0 Å². The Morgan fingerprint density at radius 2 is 1.81 bits per heavy atom. The molecule has 0 fully saturated rings. The van der Waals surface area contributed by atoms with Crippen molar-refractivity contribution in [3.63, 3.8) is 0 Å². The van der Waals surface area contributed by atoms with Crippen LogP contribution < -0.4 is 10.4 Å². The topological polar surface area (TPSA) is 69.7 Å². The first-order valence-electron chi connectivity index (χ1n) is 8.02. The Balaban J connectivity index is 1.80. The van der Waals surface area contributed by atoms with E-state index < -0.39 is 11.6 Å². The van der Waals surface area contributed by atoms with Crippen molar-refractivity contribution in [2.24, 2.45) is 0 Å². The fourth-order valence-corrected chi connectivity index (χ4v) is 2.88. The molecule has 0 amide bonds. The number of aryl methyl sites for hydroxylation is 1. The zero-order valence-corrected chi connectivity index (χ0v) is 13.9. The van der Waals surface area contributed by atoms with E-state index in [1.165, 1.54) is 12.3 Å². The molecule has 0 aliphatic rings. The van der Waals surface area contributed by atoms with Gasteiger partial charge in [-0.15, -0.1) is 0 Å². The van der Waals surface area contributed by atoms with Gasteiger partial charge in [0.05, 0.1) is 11.8 Å². The third-order valence-corrected chi connectivity index (χ3v) is 4.13. The standard InChI is InChI=1S/C21H14O5/c1-13-16-12-15(25-20(22)18-8-5-11-24-18)9-10-17(16)26-21(23)19(13)14-6-3-2-4-7-14/h2-12H,1H3. The molecule has 0 aliphatic heterocycles. The number of hydrogen-bond acceptors (Lipinski definition) is 5. The Hall–Kier alpha value is -3.60. The van der Waals surface area contributed by atoms with E-state index in [4.69, 9.17) is 13.6 Å². The Kier molecular flexibility index (Phi) is 3.89. The Morgan fingerprint density at radius 3 is 2.54 bits per heavy atom. The summed E-state index contributed by atoms with van der Waals surface area (Å²) in [5.41, 5.74) is 2.07. The van der Waals surface area contributed by atoms with Crippen LogP contribution in [0.25, 0.3) is 22.1 Å². The van der Waals surface area contributed by atoms with Gasteiger partial charge in [0.15, 0.2) is 0 Å². The summed E-state index contributed by atoms with van der Waals surface area (Å²) < 4.78 is 15.8. The van der Waals surface area contributed by atoms with Crippen molar-refractivity contribution in [1.82, 2.24) is 0 Å². The van der Waals surface area contributed by atoms with Crippen LogP contribution >= 0.6 is 0 Å². The predicted molar refractivity (Wildman–Crippen MR) is 96.3 cm³/mol. The molecule has 2 heterocycles. The van der Waals surface area contributed by atoms with Gasteiger partial charge in [0, 0.05) is 5.39 Å². The van der Waals surface area contributed by atoms with Gasteiger partial charge in [-0.25, -0.2) is 9.59 Å². The molecule has 0 saturated carbocycles. The minimum atomic E-state index is -0.590. The average Bonchev–Trinajstić information content (AvgIpc) is 3.18. The lowest BCUT2D eigenvalue weighted by atomic mass is 9.99. The highest BCUT2D eigenvalue weighted by Crippen LogP contribution is 2.29. The summed E-state index contributed by atoms with van der Waals surface area (Å²) in [4.78, 5) is 24.5. The Bertz CT molecular complexity index is 1140. The summed E-state index contributed by atoms with van der Waals surface area (Å²) in [6, 6.07) is 17.3. The van der Waals surface area contributed by atoms with E-state index in [1.807, 2.05) is 37.3 Å². The van der Waals surface area contributed by atoms with Crippen LogP contribution in [0.5, 0.6) is 5.75 Å². The summed E-state index contributed by atoms with van der Waals surface area (Å²) in [7, 11) is 0. The number of ether oxygens (including phenoxy) is 1. The lowest BCUT2D eigenvalue weighted by molar-refractivity contribution is 0.0701. The monoisotopic (exact) mass is 346 g/mol. The number of rotatable bonds is 3. The summed E-state index contributed by atoms with van der Waals surface area (Å²) >= 11 is 0. The van der Waals surface area contributed by atoms with E-state index in [-0.39, 0.29) is 5.76 Å². The van der Waals surface area contributed by atoms with Gasteiger partial charge in [-0.05, 0) is 48.4 Å². The zero-order valence-electron chi connectivity index (χ0n) is 13.9. The van der Waals surface area contributed by atoms with Crippen molar-refractivity contribution < 1.29 is 18.4 Å². The Labute approximate surface area is 148 Å². The number of carbonyl (C=O) groups excluding carboxylic acids is 1. The third kappa shape index (κ3) is 2.80. The highest BCUT2D eigenvalue weighted by Gasteiger charge is 2.16. The molecule has 5 nitrogen and oxygen atoms in total. The fraction of sp³-hybridized carbons (Fsp3) is 0.0476. The first-order valence-corrected chi connectivity index (χ1v) is 8.02. The van der Waals surface area contributed by atoms with Gasteiger partial charge < -0.3 is 13.6 Å². The lowest BCUT2D eigenvalue weighted by Crippen LogP contribution is -2.08. The summed E-state index contributed by atoms with van der Waals surface area (Å²) in [5.74, 6) is -0.131. The molecule has 128 valence electrons. The largest absolute Gasteiger partial charge is 0.457 e. The average molecular weight is 346 g/mol. The molecule has 2 aromatic carbocycles. The number of benzene rings is 2. The van der Waals surface area contributed by atoms with E-state index in [0.717, 1.165) is 11.1 Å². The molecule has 0 radical (unpaired) electrons. The number of carbonyl (C=O) groups is 1. The molecule has 0 bridgehead atoms. The number of hydrogen-bond donors (Lipinski definition) is 0. The maximum absolute atomic E-state index is 12.4. The molecule has 26 heavy (non-hydrogen) atoms. The van der Waals surface area contributed by atoms with Gasteiger partial charge in [-0.3, -0.25) is 0 Å². The minimum absolute atomic E-state index is 0.117. The molecular weight excluding hydrogens is 332 g/mol. The quantitative estimate of drug-likeness (QED) is 0.308. The molecule has 0 unspecified atom stereocenters. The molecule has 2 aromatic heterocycles. The Morgan fingerprint density at radius 1 is 1.00 bits per heavy atom. The van der Waals surface area contributed by atoms with Crippen LogP contribution in [0.3, 0.4) is 0 Å². The van der Waals surface area contributed by atoms with Crippen molar-refractivity contribution in [1.29, 1.82) is 0 Å². The van der Waals surface area contributed by atoms with E-state index in [0.29, 0.717) is 22.3 Å². The van der Waals surface area contributed by atoms with E-state index >= 15 is 0 Å². The van der Waals surface area contributed by atoms with E-state index in [2.05, 4.69) is 0 Å². The van der Waals surface area contributed by atoms with Gasteiger partial charge in [0.2, 0.25) is 5.76 Å². The second-order valence-corrected chi connectivity index (χ2v) is 5.78. The summed E-state index contributed by atoms with van der Waals surface area (Å²) in [6.45, 7) is 1.85. The van der Waals surface area contributed by atoms with Gasteiger partial charge >= 0.3 is 11.6 Å². The number of fused-ring (bicyclic) bond motifs is 1. The van der Waals surface area contributed by atoms with Crippen LogP contribution in [0.4, 0.5) is 0 Å². The van der Waals surface area contributed by atoms with Gasteiger partial charge in [-0.1, -0.05) is 30.3 Å². The highest BCUT2D eigenvalue weighted by molar-refractivity contribution is 5.91.